The predicted octanol–water partition coefficient (Wildman–Crippen LogP) is 5.89. The Labute approximate surface area is 163 Å². The van der Waals surface area contributed by atoms with Gasteiger partial charge in [0, 0.05) is 0 Å². The molecule has 0 spiro atoms. The minimum atomic E-state index is -8.04. The van der Waals surface area contributed by atoms with Gasteiger partial charge in [0.1, 0.15) is 12.4 Å². The van der Waals surface area contributed by atoms with Crippen molar-refractivity contribution in [2.24, 2.45) is 5.50 Å². The quantitative estimate of drug-likeness (QED) is 0.336. The average molecular weight is 505 g/mol. The van der Waals surface area contributed by atoms with E-state index in [1.165, 1.54) is 18.2 Å². The molecule has 4 nitrogen and oxygen atoms in total. The van der Waals surface area contributed by atoms with Gasteiger partial charge >= 0.3 is 43.5 Å². The number of hydrogen-bond donors (Lipinski definition) is 1. The molecule has 1 rings (SSSR count). The van der Waals surface area contributed by atoms with Crippen LogP contribution >= 0.6 is 7.75 Å². The van der Waals surface area contributed by atoms with E-state index in [2.05, 4.69) is 9.05 Å². The molecular weight excluding hydrogens is 496 g/mol. The fourth-order valence-electron chi connectivity index (χ4n) is 1.72. The molecule has 0 bridgehead atoms. The fraction of sp³-hybridized carbons (Fsp3) is 0.538. The zero-order valence-electron chi connectivity index (χ0n) is 14.3. The Morgan fingerprint density at radius 1 is 0.710 bits per heavy atom. The zero-order chi connectivity index (χ0) is 24.7. The Bertz CT molecular complexity index is 813. The zero-order valence-corrected chi connectivity index (χ0v) is 15.2. The van der Waals surface area contributed by atoms with Crippen LogP contribution in [0.1, 0.15) is 0 Å². The average Bonchev–Trinajstić information content (AvgIpc) is 2.59. The molecule has 1 unspecified atom stereocenters. The summed E-state index contributed by atoms with van der Waals surface area (Å²) in [7, 11) is -5.31. The van der Waals surface area contributed by atoms with Crippen LogP contribution in [0.4, 0.5) is 57.1 Å². The number of hydrogen-bond acceptors (Lipinski definition) is 3. The highest BCUT2D eigenvalue weighted by Crippen LogP contribution is 2.60. The van der Waals surface area contributed by atoms with E-state index < -0.39 is 55.9 Å². The van der Waals surface area contributed by atoms with E-state index in [0.29, 0.717) is 0 Å². The van der Waals surface area contributed by atoms with Crippen LogP contribution in [0.25, 0.3) is 0 Å². The molecular formula is C13H9F13NO3P. The topological polar surface area (TPSA) is 61.6 Å². The lowest BCUT2D eigenvalue weighted by molar-refractivity contribution is -0.440. The molecule has 1 aromatic carbocycles. The van der Waals surface area contributed by atoms with Crippen LogP contribution in [0.2, 0.25) is 0 Å². The second-order valence-electron chi connectivity index (χ2n) is 5.72. The van der Waals surface area contributed by atoms with E-state index in [4.69, 9.17) is 5.50 Å². The summed E-state index contributed by atoms with van der Waals surface area (Å²) in [6.45, 7) is -3.19. The highest BCUT2D eigenvalue weighted by Gasteiger charge is 2.90. The number of benzene rings is 1. The summed E-state index contributed by atoms with van der Waals surface area (Å²) in [4.78, 5) is 0. The van der Waals surface area contributed by atoms with Crippen LogP contribution in [-0.2, 0) is 9.09 Å². The molecule has 180 valence electrons. The molecule has 31 heavy (non-hydrogen) atoms. The SMILES string of the molecule is NP(=O)(OCC(F)(F)C(F)(F)C(F)(F)C(F)(F)C(F)(F)C(F)(F)F)Oc1ccccc1. The molecule has 0 aliphatic heterocycles. The lowest BCUT2D eigenvalue weighted by Crippen LogP contribution is -2.70. The van der Waals surface area contributed by atoms with E-state index in [-0.39, 0.29) is 0 Å². The van der Waals surface area contributed by atoms with Crippen LogP contribution < -0.4 is 10.0 Å². The van der Waals surface area contributed by atoms with Gasteiger partial charge in [0.05, 0.1) is 0 Å². The number of halogens is 13. The van der Waals surface area contributed by atoms with Gasteiger partial charge in [0.15, 0.2) is 0 Å². The standard InChI is InChI=1S/C13H9F13NO3P/c14-8(15,6-29-31(27,28)30-7-4-2-1-3-5-7)9(16,17)10(18,19)11(20,21)12(22,23)13(24,25)26/h1-5H,6H2,(H2,27,28). The third kappa shape index (κ3) is 4.87. The summed E-state index contributed by atoms with van der Waals surface area (Å²) in [6.07, 6.45) is -7.52. The maximum atomic E-state index is 13.5. The van der Waals surface area contributed by atoms with Gasteiger partial charge in [0.25, 0.3) is 0 Å². The van der Waals surface area contributed by atoms with Crippen molar-refractivity contribution in [2.75, 3.05) is 6.61 Å². The summed E-state index contributed by atoms with van der Waals surface area (Å²) < 4.78 is 188. The van der Waals surface area contributed by atoms with Crippen molar-refractivity contribution < 1.29 is 70.7 Å². The smallest absolute Gasteiger partial charge is 0.413 e. The van der Waals surface area contributed by atoms with Gasteiger partial charge in [-0.3, -0.25) is 4.52 Å². The van der Waals surface area contributed by atoms with E-state index in [9.17, 15) is 61.6 Å². The maximum Gasteiger partial charge on any atom is 0.460 e. The van der Waals surface area contributed by atoms with E-state index >= 15 is 0 Å². The summed E-state index contributed by atoms with van der Waals surface area (Å²) in [5.41, 5.74) is 4.75. The van der Waals surface area contributed by atoms with Crippen LogP contribution in [-0.4, -0.2) is 42.4 Å². The minimum absolute atomic E-state index is 0.481. The van der Waals surface area contributed by atoms with E-state index in [1.807, 2.05) is 0 Å². The number of para-hydroxylation sites is 1. The largest absolute Gasteiger partial charge is 0.460 e. The Hall–Kier alpha value is -1.74. The summed E-state index contributed by atoms with van der Waals surface area (Å²) in [5, 5.41) is 0. The molecule has 0 aliphatic rings. The molecule has 0 radical (unpaired) electrons. The normalized spacial score (nSPS) is 16.7. The molecule has 0 saturated heterocycles. The monoisotopic (exact) mass is 505 g/mol. The van der Waals surface area contributed by atoms with Gasteiger partial charge in [-0.1, -0.05) is 18.2 Å². The molecule has 0 fully saturated rings. The molecule has 2 N–H and O–H groups in total. The predicted molar refractivity (Wildman–Crippen MR) is 75.6 cm³/mol. The summed E-state index contributed by atoms with van der Waals surface area (Å²) in [5.74, 6) is -38.5. The van der Waals surface area contributed by atoms with Crippen molar-refractivity contribution in [3.05, 3.63) is 30.3 Å². The highest BCUT2D eigenvalue weighted by molar-refractivity contribution is 7.51. The first-order valence-corrected chi connectivity index (χ1v) is 8.88. The third-order valence-corrected chi connectivity index (χ3v) is 4.35. The lowest BCUT2D eigenvalue weighted by atomic mass is 9.94. The fourth-order valence-corrected chi connectivity index (χ4v) is 2.53. The molecule has 0 aliphatic carbocycles. The lowest BCUT2D eigenvalue weighted by Gasteiger charge is -2.39. The Balaban J connectivity index is 3.18. The number of alkyl halides is 13. The maximum absolute atomic E-state index is 13.5. The molecule has 1 atom stereocenters. The van der Waals surface area contributed by atoms with Crippen molar-refractivity contribution in [3.63, 3.8) is 0 Å². The third-order valence-electron chi connectivity index (χ3n) is 3.40. The molecule has 1 aromatic rings. The van der Waals surface area contributed by atoms with E-state index in [0.717, 1.165) is 12.1 Å². The van der Waals surface area contributed by atoms with Crippen molar-refractivity contribution in [1.82, 2.24) is 0 Å². The Morgan fingerprint density at radius 2 is 1.13 bits per heavy atom. The van der Waals surface area contributed by atoms with Gasteiger partial charge in [-0.25, -0.2) is 10.1 Å². The number of rotatable bonds is 9. The Morgan fingerprint density at radius 3 is 1.55 bits per heavy atom. The first-order chi connectivity index (χ1) is 13.5. The van der Waals surface area contributed by atoms with Crippen molar-refractivity contribution >= 4 is 7.75 Å². The first-order valence-electron chi connectivity index (χ1n) is 7.27. The van der Waals surface area contributed by atoms with Crippen molar-refractivity contribution in [1.29, 1.82) is 0 Å². The van der Waals surface area contributed by atoms with Crippen LogP contribution in [0.5, 0.6) is 5.75 Å². The van der Waals surface area contributed by atoms with Gasteiger partial charge in [-0.15, -0.1) is 0 Å². The molecule has 0 amide bonds. The highest BCUT2D eigenvalue weighted by atomic mass is 31.2. The van der Waals surface area contributed by atoms with Crippen molar-refractivity contribution in [2.45, 2.75) is 35.8 Å². The molecule has 0 heterocycles. The second-order valence-corrected chi connectivity index (χ2v) is 7.24. The molecule has 0 aromatic heterocycles. The summed E-state index contributed by atoms with van der Waals surface area (Å²) >= 11 is 0. The summed E-state index contributed by atoms with van der Waals surface area (Å²) in [6, 6.07) is 5.69. The number of nitrogens with two attached hydrogens (primary N) is 1. The molecule has 0 saturated carbocycles. The van der Waals surface area contributed by atoms with Crippen molar-refractivity contribution in [3.8, 4) is 5.75 Å². The second kappa shape index (κ2) is 7.99. The van der Waals surface area contributed by atoms with Gasteiger partial charge in [0.2, 0.25) is 0 Å². The van der Waals surface area contributed by atoms with E-state index in [1.54, 1.807) is 0 Å². The molecule has 18 heteroatoms. The van der Waals surface area contributed by atoms with Gasteiger partial charge < -0.3 is 4.52 Å². The minimum Gasteiger partial charge on any atom is -0.413 e. The first kappa shape index (κ1) is 27.3. The van der Waals surface area contributed by atoms with Gasteiger partial charge in [-0.05, 0) is 12.1 Å². The van der Waals surface area contributed by atoms with Crippen LogP contribution in [0, 0.1) is 0 Å². The Kier molecular flexibility index (Phi) is 7.04. The van der Waals surface area contributed by atoms with Crippen LogP contribution in [0.15, 0.2) is 30.3 Å². The van der Waals surface area contributed by atoms with Gasteiger partial charge in [-0.2, -0.15) is 57.1 Å². The van der Waals surface area contributed by atoms with Crippen LogP contribution in [0.3, 0.4) is 0 Å².